The third-order valence-electron chi connectivity index (χ3n) is 19.1. The van der Waals surface area contributed by atoms with Crippen molar-refractivity contribution in [1.29, 1.82) is 0 Å². The molecular weight excluding hydrogens is 1260 g/mol. The van der Waals surface area contributed by atoms with E-state index in [-0.39, 0.29) is 71.7 Å². The molecule has 25 atom stereocenters. The number of thiophene rings is 1. The van der Waals surface area contributed by atoms with Gasteiger partial charge in [0.15, 0.2) is 36.7 Å². The lowest BCUT2D eigenvalue weighted by atomic mass is 9.75. The number of nitrogens with zero attached hydrogens (tertiary/aromatic N) is 1. The Hall–Kier alpha value is -4.15. The second-order valence-electron chi connectivity index (χ2n) is 26.1. The second-order valence-corrected chi connectivity index (χ2v) is 27.5. The average molecular weight is 1350 g/mol. The standard InChI is InChI=1S/C52H76O24.C14H14ClNS/c1-18-29(72-34-14-30(43(58)21(4)68-34)73-33-13-28(54)42(57)20(3)67-33)12-26-10-25-11-27(49(66-9)48(63)41(56)19(2)53)50(47(62)39(25)46(61)38(26)40(18)55)76-36-16-31(44(59)23(6)70-36)74-35-15-32(45(60)22(5)69-35)75-37-17-52(8,65)51(64)24(7)71-37;15-13-4-2-1-3-11(13)9-16-7-5-14-12(10-16)6-8-17-14/h10,12,19-24,27-28,30-37,41-45,49-51,53-61,64-65H,11,13-17H2,1-9H3;1-4,6,8H,5,7,9-10H2/t19-,20-,21-,22-,23-,24-,27?,28-,30-,31-,32-,33+,34+,35+,36+,37+,41+,42-,43+,44-,45-,49+,50+,51-,52+;/m1./s1. The predicted molar refractivity (Wildman–Crippen MR) is 332 cm³/mol. The number of aliphatic hydroxyl groups is 9. The molecule has 0 saturated carbocycles. The van der Waals surface area contributed by atoms with Crippen LogP contribution in [0, 0.1) is 12.8 Å². The SMILES string of the molecule is CO[C@H](C(=O)[C@@H](O)[C@@H](C)O)C1Cc2cc3cc(O[C@H]4C[C@@H](O[C@H]5C[C@@H](O)[C@H](O)[C@@H](C)O5)[C@@H](O)[C@@H](C)O4)c(C)c(O)c3c(O)c2C(=O)[C@H]1O[C@H]1C[C@@H](O[C@H]2C[C@@H](O[C@H]3C[C@](C)(O)[C@H](O)[C@@H](C)O3)[C@H](O)[C@@H](C)O2)[C@H](O)[C@@H](C)O1.Clc1ccccc1CN1CCc2sccc2C1. The lowest BCUT2D eigenvalue weighted by Gasteiger charge is -2.46. The molecule has 7 heterocycles. The summed E-state index contributed by atoms with van der Waals surface area (Å²) in [6, 6.07) is 13.4. The maximum atomic E-state index is 15.0. The van der Waals surface area contributed by atoms with Crippen molar-refractivity contribution < 1.29 is 118 Å². The zero-order chi connectivity index (χ0) is 67.2. The van der Waals surface area contributed by atoms with Gasteiger partial charge in [-0.25, -0.2) is 0 Å². The predicted octanol–water partition coefficient (Wildman–Crippen LogP) is 3.71. The van der Waals surface area contributed by atoms with Crippen molar-refractivity contribution in [3.63, 3.8) is 0 Å². The van der Waals surface area contributed by atoms with E-state index in [0.29, 0.717) is 0 Å². The number of ether oxygens (including phenoxy) is 11. The van der Waals surface area contributed by atoms with Crippen LogP contribution < -0.4 is 4.74 Å². The summed E-state index contributed by atoms with van der Waals surface area (Å²) in [5, 5.41) is 123. The number of Topliss-reactive ketones (excluding diaryl/α,β-unsaturated/α-hetero) is 2. The van der Waals surface area contributed by atoms with Gasteiger partial charge < -0.3 is 108 Å². The van der Waals surface area contributed by atoms with Crippen LogP contribution in [0.15, 0.2) is 47.8 Å². The van der Waals surface area contributed by atoms with Crippen LogP contribution >= 0.6 is 22.9 Å². The molecule has 11 rings (SSSR count). The van der Waals surface area contributed by atoms with E-state index in [1.807, 2.05) is 23.5 Å². The van der Waals surface area contributed by atoms with E-state index in [0.717, 1.165) is 24.7 Å². The van der Waals surface area contributed by atoms with Crippen LogP contribution in [0.25, 0.3) is 10.8 Å². The first-order valence-corrected chi connectivity index (χ1v) is 33.1. The third-order valence-corrected chi connectivity index (χ3v) is 20.5. The van der Waals surface area contributed by atoms with Gasteiger partial charge in [-0.1, -0.05) is 29.8 Å². The van der Waals surface area contributed by atoms with E-state index < -0.39 is 176 Å². The minimum Gasteiger partial charge on any atom is -0.507 e. The quantitative estimate of drug-likeness (QED) is 0.0718. The molecule has 0 amide bonds. The van der Waals surface area contributed by atoms with Crippen molar-refractivity contribution in [1.82, 2.24) is 4.90 Å². The molecule has 7 aliphatic rings. The second kappa shape index (κ2) is 29.9. The summed E-state index contributed by atoms with van der Waals surface area (Å²) in [5.41, 5.74) is 1.25. The Morgan fingerprint density at radius 2 is 1.30 bits per heavy atom. The zero-order valence-corrected chi connectivity index (χ0v) is 55.1. The van der Waals surface area contributed by atoms with Crippen molar-refractivity contribution in [3.05, 3.63) is 85.6 Å². The molecule has 4 aromatic rings. The number of benzene rings is 3. The molecule has 5 saturated heterocycles. The number of halogens is 1. The maximum absolute atomic E-state index is 15.0. The summed E-state index contributed by atoms with van der Waals surface area (Å²) < 4.78 is 66.5. The van der Waals surface area contributed by atoms with E-state index in [2.05, 4.69) is 28.5 Å². The Morgan fingerprint density at radius 3 is 1.89 bits per heavy atom. The molecule has 11 N–H and O–H groups in total. The highest BCUT2D eigenvalue weighted by atomic mass is 35.5. The summed E-state index contributed by atoms with van der Waals surface area (Å²) in [6.45, 7) is 15.2. The van der Waals surface area contributed by atoms with Crippen LogP contribution in [0.5, 0.6) is 17.2 Å². The fourth-order valence-corrected chi connectivity index (χ4v) is 14.7. The summed E-state index contributed by atoms with van der Waals surface area (Å²) in [6.07, 6.45) is -25.8. The molecule has 93 heavy (non-hydrogen) atoms. The first kappa shape index (κ1) is 71.6. The Balaban J connectivity index is 0.000000476. The molecule has 25 nitrogen and oxygen atoms in total. The summed E-state index contributed by atoms with van der Waals surface area (Å²) in [5.74, 6) is -4.07. The van der Waals surface area contributed by atoms with Crippen molar-refractivity contribution in [2.24, 2.45) is 5.92 Å². The Morgan fingerprint density at radius 1 is 0.742 bits per heavy atom. The van der Waals surface area contributed by atoms with Crippen LogP contribution in [-0.4, -0.2) is 233 Å². The molecule has 1 unspecified atom stereocenters. The van der Waals surface area contributed by atoms with Crippen molar-refractivity contribution in [3.8, 4) is 17.2 Å². The highest BCUT2D eigenvalue weighted by molar-refractivity contribution is 7.10. The van der Waals surface area contributed by atoms with Crippen LogP contribution in [0.1, 0.15) is 118 Å². The van der Waals surface area contributed by atoms with Gasteiger partial charge in [0.25, 0.3) is 0 Å². The number of rotatable bonds is 17. The van der Waals surface area contributed by atoms with Crippen LogP contribution in [-0.2, 0) is 78.1 Å². The molecule has 0 radical (unpaired) electrons. The van der Waals surface area contributed by atoms with Gasteiger partial charge in [-0.2, -0.15) is 0 Å². The number of hydrogen-bond donors (Lipinski definition) is 11. The number of phenols is 2. The van der Waals surface area contributed by atoms with Gasteiger partial charge in [0, 0.05) is 80.2 Å². The summed E-state index contributed by atoms with van der Waals surface area (Å²) in [4.78, 5) is 32.9. The smallest absolute Gasteiger partial charge is 0.202 e. The molecular formula is C66H90ClNO24S. The minimum absolute atomic E-state index is 0.0365. The Kier molecular flexibility index (Phi) is 23.0. The van der Waals surface area contributed by atoms with Crippen molar-refractivity contribution in [2.45, 2.75) is 260 Å². The van der Waals surface area contributed by atoms with Crippen LogP contribution in [0.2, 0.25) is 5.02 Å². The van der Waals surface area contributed by atoms with Gasteiger partial charge in [0.2, 0.25) is 6.29 Å². The lowest BCUT2D eigenvalue weighted by Crippen LogP contribution is -2.58. The van der Waals surface area contributed by atoms with Gasteiger partial charge in [0.05, 0.1) is 77.6 Å². The maximum Gasteiger partial charge on any atom is 0.202 e. The molecule has 0 spiro atoms. The number of hydrogen-bond acceptors (Lipinski definition) is 26. The summed E-state index contributed by atoms with van der Waals surface area (Å²) in [7, 11) is 1.18. The van der Waals surface area contributed by atoms with Gasteiger partial charge in [-0.05, 0) is 120 Å². The Labute approximate surface area is 548 Å². The van der Waals surface area contributed by atoms with Gasteiger partial charge in [-0.3, -0.25) is 14.5 Å². The first-order chi connectivity index (χ1) is 44.0. The number of methoxy groups -OCH3 is 1. The van der Waals surface area contributed by atoms with E-state index in [1.165, 1.54) is 64.5 Å². The van der Waals surface area contributed by atoms with Crippen molar-refractivity contribution in [2.75, 3.05) is 13.7 Å². The van der Waals surface area contributed by atoms with E-state index in [4.69, 9.17) is 63.7 Å². The molecule has 27 heteroatoms. The largest absolute Gasteiger partial charge is 0.507 e. The van der Waals surface area contributed by atoms with E-state index in [9.17, 15) is 61.0 Å². The number of aliphatic hydroxyl groups excluding tert-OH is 8. The monoisotopic (exact) mass is 1350 g/mol. The van der Waals surface area contributed by atoms with Crippen LogP contribution in [0.4, 0.5) is 0 Å². The highest BCUT2D eigenvalue weighted by Crippen LogP contribution is 2.48. The first-order valence-electron chi connectivity index (χ1n) is 31.9. The topological polar surface area (TPSA) is 361 Å². The van der Waals surface area contributed by atoms with Crippen molar-refractivity contribution >= 4 is 45.3 Å². The van der Waals surface area contributed by atoms with Crippen LogP contribution in [0.3, 0.4) is 0 Å². The van der Waals surface area contributed by atoms with Gasteiger partial charge in [-0.15, -0.1) is 11.3 Å². The number of phenolic OH excluding ortho intramolecular Hbond substituents is 2. The number of aromatic hydroxyl groups is 2. The van der Waals surface area contributed by atoms with Gasteiger partial charge in [0.1, 0.15) is 66.1 Å². The normalized spacial score (nSPS) is 37.6. The van der Waals surface area contributed by atoms with E-state index >= 15 is 4.79 Å². The average Bonchev–Trinajstić information content (AvgIpc) is 0.912. The number of carbonyl (C=O) groups is 2. The zero-order valence-electron chi connectivity index (χ0n) is 53.5. The fourth-order valence-electron chi connectivity index (χ4n) is 13.7. The molecule has 1 aromatic heterocycles. The van der Waals surface area contributed by atoms with E-state index in [1.54, 1.807) is 32.6 Å². The lowest BCUT2D eigenvalue weighted by molar-refractivity contribution is -0.334. The Bertz CT molecular complexity index is 3210. The van der Waals surface area contributed by atoms with Gasteiger partial charge >= 0.3 is 0 Å². The summed E-state index contributed by atoms with van der Waals surface area (Å²) >= 11 is 8.08. The molecule has 3 aromatic carbocycles. The third kappa shape index (κ3) is 15.7. The minimum atomic E-state index is -1.95. The molecule has 516 valence electrons. The molecule has 0 bridgehead atoms. The number of carbonyl (C=O) groups excluding carboxylic acids is 2. The number of ketones is 2. The molecule has 1 aliphatic carbocycles. The fraction of sp³-hybridized carbons (Fsp3) is 0.667. The molecule has 5 fully saturated rings. The highest BCUT2D eigenvalue weighted by Gasteiger charge is 2.52. The number of fused-ring (bicyclic) bond motifs is 3. The molecule has 6 aliphatic heterocycles.